The van der Waals surface area contributed by atoms with E-state index < -0.39 is 35.5 Å². The topological polar surface area (TPSA) is 142 Å². The third-order valence-electron chi connectivity index (χ3n) is 5.65. The number of hydrogen-bond donors (Lipinski definition) is 2. The Morgan fingerprint density at radius 2 is 1.49 bits per heavy atom. The second-order valence-electron chi connectivity index (χ2n) is 9.35. The van der Waals surface area contributed by atoms with E-state index in [1.165, 1.54) is 12.1 Å². The second-order valence-corrected chi connectivity index (χ2v) is 9.35. The summed E-state index contributed by atoms with van der Waals surface area (Å²) >= 11 is 0. The van der Waals surface area contributed by atoms with Crippen LogP contribution in [0.3, 0.4) is 0 Å². The molecule has 0 fully saturated rings. The number of hydrogen-bond acceptors (Lipinski definition) is 8. The van der Waals surface area contributed by atoms with Crippen LogP contribution in [0.15, 0.2) is 18.2 Å². The highest BCUT2D eigenvalue weighted by atomic mass is 16.6. The van der Waals surface area contributed by atoms with Crippen molar-refractivity contribution in [2.75, 3.05) is 0 Å². The highest BCUT2D eigenvalue weighted by Crippen LogP contribution is 2.31. The lowest BCUT2D eigenvalue weighted by molar-refractivity contribution is -0.157. The largest absolute Gasteiger partial charge is 0.480 e. The van der Waals surface area contributed by atoms with E-state index in [9.17, 15) is 24.3 Å². The summed E-state index contributed by atoms with van der Waals surface area (Å²) in [7, 11) is 0. The minimum atomic E-state index is -1.76. The molecule has 0 aliphatic carbocycles. The zero-order chi connectivity index (χ0) is 26.8. The molecule has 9 heteroatoms. The smallest absolute Gasteiger partial charge is 0.324 e. The normalized spacial score (nSPS) is 14.5. The number of nitrogens with two attached hydrogens (primary N) is 1. The molecule has 9 nitrogen and oxygen atoms in total. The van der Waals surface area contributed by atoms with Crippen molar-refractivity contribution in [3.63, 3.8) is 0 Å². The molecule has 196 valence electrons. The number of ether oxygens (including phenoxy) is 3. The van der Waals surface area contributed by atoms with Gasteiger partial charge in [0.15, 0.2) is 11.5 Å². The van der Waals surface area contributed by atoms with Crippen molar-refractivity contribution in [2.45, 2.75) is 91.7 Å². The molecular weight excluding hydrogens is 454 g/mol. The highest BCUT2D eigenvalue weighted by molar-refractivity contribution is 5.80. The van der Waals surface area contributed by atoms with E-state index >= 15 is 0 Å². The average molecular weight is 494 g/mol. The van der Waals surface area contributed by atoms with Crippen LogP contribution >= 0.6 is 0 Å². The summed E-state index contributed by atoms with van der Waals surface area (Å²) in [6.45, 7) is 10.8. The minimum absolute atomic E-state index is 0.0170. The Morgan fingerprint density at radius 1 is 0.943 bits per heavy atom. The Labute approximate surface area is 207 Å². The molecule has 0 saturated heterocycles. The maximum absolute atomic E-state index is 12.3. The quantitative estimate of drug-likeness (QED) is 0.290. The average Bonchev–Trinajstić information content (AvgIpc) is 2.74. The molecule has 35 heavy (non-hydrogen) atoms. The number of carboxylic acids is 1. The van der Waals surface area contributed by atoms with Crippen LogP contribution in [0, 0.1) is 11.8 Å². The Balaban J connectivity index is 3.14. The summed E-state index contributed by atoms with van der Waals surface area (Å²) in [5, 5.41) is 9.87. The van der Waals surface area contributed by atoms with E-state index in [2.05, 4.69) is 0 Å². The van der Waals surface area contributed by atoms with Gasteiger partial charge in [0, 0.05) is 25.7 Å². The van der Waals surface area contributed by atoms with E-state index in [0.29, 0.717) is 18.4 Å². The van der Waals surface area contributed by atoms with Crippen molar-refractivity contribution >= 4 is 23.9 Å². The number of carbonyl (C=O) groups is 4. The van der Waals surface area contributed by atoms with Crippen molar-refractivity contribution in [3.05, 3.63) is 23.8 Å². The SMILES string of the molecule is CCCC(=O)Oc1ccc(CC(N)(C[C@H](C)OC(=O)C(C)C(C)C)C(=O)O)cc1OC(=O)CCC. The van der Waals surface area contributed by atoms with Gasteiger partial charge in [-0.1, -0.05) is 40.7 Å². The molecule has 0 spiro atoms. The third-order valence-corrected chi connectivity index (χ3v) is 5.65. The van der Waals surface area contributed by atoms with E-state index in [4.69, 9.17) is 19.9 Å². The van der Waals surface area contributed by atoms with E-state index in [0.717, 1.165) is 0 Å². The van der Waals surface area contributed by atoms with Gasteiger partial charge < -0.3 is 25.1 Å². The molecule has 0 bridgehead atoms. The molecule has 0 aliphatic rings. The molecule has 0 radical (unpaired) electrons. The van der Waals surface area contributed by atoms with Crippen LogP contribution < -0.4 is 15.2 Å². The molecule has 3 N–H and O–H groups in total. The van der Waals surface area contributed by atoms with E-state index in [1.807, 2.05) is 27.7 Å². The number of rotatable bonds is 14. The Hall–Kier alpha value is -2.94. The lowest BCUT2D eigenvalue weighted by atomic mass is 9.86. The first-order valence-corrected chi connectivity index (χ1v) is 12.1. The molecule has 3 atom stereocenters. The van der Waals surface area contributed by atoms with Crippen LogP contribution in [0.1, 0.15) is 79.2 Å². The predicted octanol–water partition coefficient (Wildman–Crippen LogP) is 4.04. The summed E-state index contributed by atoms with van der Waals surface area (Å²) in [5.74, 6) is -2.83. The summed E-state index contributed by atoms with van der Waals surface area (Å²) in [4.78, 5) is 48.5. The Bertz CT molecular complexity index is 897. The van der Waals surface area contributed by atoms with Crippen molar-refractivity contribution < 1.29 is 38.5 Å². The molecule has 2 unspecified atom stereocenters. The lowest BCUT2D eigenvalue weighted by Crippen LogP contribution is -2.52. The number of carboxylic acid groups (broad SMARTS) is 1. The number of benzene rings is 1. The van der Waals surface area contributed by atoms with Crippen LogP contribution in [-0.2, 0) is 30.3 Å². The molecule has 1 aromatic rings. The fourth-order valence-corrected chi connectivity index (χ4v) is 3.31. The molecule has 0 amide bonds. The van der Waals surface area contributed by atoms with Crippen LogP contribution in [-0.4, -0.2) is 40.6 Å². The fourth-order valence-electron chi connectivity index (χ4n) is 3.31. The maximum Gasteiger partial charge on any atom is 0.324 e. The Kier molecular flexibility index (Phi) is 11.9. The molecule has 1 aromatic carbocycles. The van der Waals surface area contributed by atoms with Gasteiger partial charge in [-0.2, -0.15) is 0 Å². The van der Waals surface area contributed by atoms with Crippen molar-refractivity contribution in [2.24, 2.45) is 17.6 Å². The zero-order valence-corrected chi connectivity index (χ0v) is 21.6. The first kappa shape index (κ1) is 30.1. The van der Waals surface area contributed by atoms with Crippen molar-refractivity contribution in [1.82, 2.24) is 0 Å². The first-order chi connectivity index (χ1) is 16.3. The number of carbonyl (C=O) groups excluding carboxylic acids is 3. The summed E-state index contributed by atoms with van der Waals surface area (Å²) in [5.41, 5.74) is 4.96. The second kappa shape index (κ2) is 13.8. The monoisotopic (exact) mass is 493 g/mol. The van der Waals surface area contributed by atoms with Crippen LogP contribution in [0.25, 0.3) is 0 Å². The zero-order valence-electron chi connectivity index (χ0n) is 21.6. The minimum Gasteiger partial charge on any atom is -0.480 e. The molecular formula is C26H39NO8. The summed E-state index contributed by atoms with van der Waals surface area (Å²) < 4.78 is 16.2. The first-order valence-electron chi connectivity index (χ1n) is 12.1. The summed E-state index contributed by atoms with van der Waals surface area (Å²) in [6.07, 6.45) is 0.528. The molecule has 0 heterocycles. The molecule has 0 aromatic heterocycles. The fraction of sp³-hybridized carbons (Fsp3) is 0.615. The standard InChI is InChI=1S/C26H39NO8/c1-7-9-22(28)34-20-12-11-19(13-21(20)35-23(29)10-8-2)15-26(27,25(31)32)14-17(5)33-24(30)18(6)16(3)4/h11-13,16-18H,7-10,14-15,27H2,1-6H3,(H,31,32)/t17-,18?,26?/m0/s1. The van der Waals surface area contributed by atoms with Gasteiger partial charge in [0.2, 0.25) is 0 Å². The number of aliphatic carboxylic acids is 1. The van der Waals surface area contributed by atoms with Crippen LogP contribution in [0.2, 0.25) is 0 Å². The third kappa shape index (κ3) is 9.68. The van der Waals surface area contributed by atoms with Gasteiger partial charge >= 0.3 is 23.9 Å². The van der Waals surface area contributed by atoms with Gasteiger partial charge in [0.25, 0.3) is 0 Å². The van der Waals surface area contributed by atoms with Gasteiger partial charge in [-0.15, -0.1) is 0 Å². The van der Waals surface area contributed by atoms with E-state index in [1.54, 1.807) is 19.9 Å². The van der Waals surface area contributed by atoms with Gasteiger partial charge in [-0.05, 0) is 43.4 Å². The van der Waals surface area contributed by atoms with Gasteiger partial charge in [-0.25, -0.2) is 0 Å². The van der Waals surface area contributed by atoms with Crippen molar-refractivity contribution in [1.29, 1.82) is 0 Å². The van der Waals surface area contributed by atoms with E-state index in [-0.39, 0.29) is 49.0 Å². The predicted molar refractivity (Wildman–Crippen MR) is 130 cm³/mol. The van der Waals surface area contributed by atoms with Gasteiger partial charge in [-0.3, -0.25) is 19.2 Å². The number of esters is 3. The Morgan fingerprint density at radius 3 is 1.97 bits per heavy atom. The van der Waals surface area contributed by atoms with Crippen LogP contribution in [0.4, 0.5) is 0 Å². The van der Waals surface area contributed by atoms with Gasteiger partial charge in [0.1, 0.15) is 11.6 Å². The van der Waals surface area contributed by atoms with Crippen molar-refractivity contribution in [3.8, 4) is 11.5 Å². The van der Waals surface area contributed by atoms with Gasteiger partial charge in [0.05, 0.1) is 5.92 Å². The lowest BCUT2D eigenvalue weighted by Gasteiger charge is -2.29. The maximum atomic E-state index is 12.3. The highest BCUT2D eigenvalue weighted by Gasteiger charge is 2.37. The molecule has 0 aliphatic heterocycles. The summed E-state index contributed by atoms with van der Waals surface area (Å²) in [6, 6.07) is 4.46. The molecule has 1 rings (SSSR count). The molecule has 0 saturated carbocycles. The van der Waals surface area contributed by atoms with Crippen LogP contribution in [0.5, 0.6) is 11.5 Å².